The lowest BCUT2D eigenvalue weighted by atomic mass is 9.78. The molecule has 1 amide bonds. The molecule has 1 aliphatic heterocycles. The van der Waals surface area contributed by atoms with E-state index in [0.717, 1.165) is 25.8 Å². The second kappa shape index (κ2) is 5.40. The second-order valence-corrected chi connectivity index (χ2v) is 5.06. The van der Waals surface area contributed by atoms with Gasteiger partial charge in [0, 0.05) is 24.7 Å². The fraction of sp³-hybridized carbons (Fsp3) is 0.500. The Hall–Kier alpha value is -1.55. The number of likely N-dealkylation sites (tertiary alicyclic amines) is 1. The van der Waals surface area contributed by atoms with Gasteiger partial charge in [-0.2, -0.15) is 0 Å². The first-order valence-corrected chi connectivity index (χ1v) is 6.35. The Morgan fingerprint density at radius 1 is 1.67 bits per heavy atom. The highest BCUT2D eigenvalue weighted by Gasteiger charge is 2.36. The normalized spacial score (nSPS) is 23.9. The smallest absolute Gasteiger partial charge is 0.270 e. The van der Waals surface area contributed by atoms with E-state index in [4.69, 9.17) is 0 Å². The van der Waals surface area contributed by atoms with Crippen molar-refractivity contribution in [3.63, 3.8) is 0 Å². The van der Waals surface area contributed by atoms with Gasteiger partial charge in [-0.05, 0) is 31.4 Å². The molecule has 1 aromatic rings. The molecule has 2 N–H and O–H groups in total. The van der Waals surface area contributed by atoms with Crippen LogP contribution in [-0.2, 0) is 0 Å². The van der Waals surface area contributed by atoms with Crippen LogP contribution in [0, 0.1) is 5.41 Å². The predicted octanol–water partition coefficient (Wildman–Crippen LogP) is 1.81. The van der Waals surface area contributed by atoms with Gasteiger partial charge in [0.1, 0.15) is 5.69 Å². The van der Waals surface area contributed by atoms with Crippen molar-refractivity contribution in [3.8, 4) is 0 Å². The molecule has 0 unspecified atom stereocenters. The van der Waals surface area contributed by atoms with Gasteiger partial charge in [0.05, 0.1) is 6.61 Å². The molecular weight excluding hydrogens is 228 g/mol. The molecule has 1 aliphatic rings. The van der Waals surface area contributed by atoms with E-state index in [9.17, 15) is 9.90 Å². The topological polar surface area (TPSA) is 56.3 Å². The lowest BCUT2D eigenvalue weighted by Gasteiger charge is -2.41. The van der Waals surface area contributed by atoms with Crippen LogP contribution in [0.4, 0.5) is 0 Å². The Bertz CT molecular complexity index is 413. The highest BCUT2D eigenvalue weighted by Crippen LogP contribution is 2.33. The van der Waals surface area contributed by atoms with Gasteiger partial charge < -0.3 is 15.0 Å². The highest BCUT2D eigenvalue weighted by atomic mass is 16.3. The third-order valence-electron chi connectivity index (χ3n) is 3.69. The summed E-state index contributed by atoms with van der Waals surface area (Å²) < 4.78 is 0. The van der Waals surface area contributed by atoms with Crippen LogP contribution in [0.1, 0.15) is 29.8 Å². The summed E-state index contributed by atoms with van der Waals surface area (Å²) in [4.78, 5) is 17.0. The molecule has 0 aromatic carbocycles. The maximum atomic E-state index is 12.3. The van der Waals surface area contributed by atoms with Gasteiger partial charge in [-0.25, -0.2) is 0 Å². The SMILES string of the molecule is C=CC[C@@]1(CO)CCCN(C(=O)c2ccc[nH]2)C1. The molecule has 0 radical (unpaired) electrons. The number of amides is 1. The summed E-state index contributed by atoms with van der Waals surface area (Å²) in [5.41, 5.74) is 0.407. The van der Waals surface area contributed by atoms with Crippen molar-refractivity contribution < 1.29 is 9.90 Å². The summed E-state index contributed by atoms with van der Waals surface area (Å²) in [6.45, 7) is 5.22. The molecule has 0 spiro atoms. The number of allylic oxidation sites excluding steroid dienone is 1. The van der Waals surface area contributed by atoms with Gasteiger partial charge in [-0.15, -0.1) is 6.58 Å². The quantitative estimate of drug-likeness (QED) is 0.798. The minimum atomic E-state index is -0.206. The number of piperidine rings is 1. The molecule has 0 saturated carbocycles. The fourth-order valence-electron chi connectivity index (χ4n) is 2.68. The Balaban J connectivity index is 2.10. The van der Waals surface area contributed by atoms with Crippen LogP contribution in [0.2, 0.25) is 0 Å². The van der Waals surface area contributed by atoms with E-state index < -0.39 is 0 Å². The number of aliphatic hydroxyl groups excluding tert-OH is 1. The number of carbonyl (C=O) groups is 1. The van der Waals surface area contributed by atoms with E-state index in [1.807, 2.05) is 17.0 Å². The molecule has 2 heterocycles. The predicted molar refractivity (Wildman–Crippen MR) is 70.3 cm³/mol. The molecule has 0 aliphatic carbocycles. The van der Waals surface area contributed by atoms with Gasteiger partial charge in [0.2, 0.25) is 0 Å². The van der Waals surface area contributed by atoms with Crippen LogP contribution in [0.15, 0.2) is 31.0 Å². The van der Waals surface area contributed by atoms with E-state index in [1.165, 1.54) is 0 Å². The van der Waals surface area contributed by atoms with Gasteiger partial charge in [-0.1, -0.05) is 6.08 Å². The van der Waals surface area contributed by atoms with Crippen molar-refractivity contribution in [2.24, 2.45) is 5.41 Å². The van der Waals surface area contributed by atoms with E-state index in [-0.39, 0.29) is 17.9 Å². The summed E-state index contributed by atoms with van der Waals surface area (Å²) in [6.07, 6.45) is 6.21. The molecule has 1 atom stereocenters. The molecule has 18 heavy (non-hydrogen) atoms. The second-order valence-electron chi connectivity index (χ2n) is 5.06. The molecule has 98 valence electrons. The van der Waals surface area contributed by atoms with Crippen LogP contribution < -0.4 is 0 Å². The van der Waals surface area contributed by atoms with Crippen molar-refractivity contribution >= 4 is 5.91 Å². The number of hydrogen-bond acceptors (Lipinski definition) is 2. The Kier molecular flexibility index (Phi) is 3.87. The number of rotatable bonds is 4. The van der Waals surface area contributed by atoms with Gasteiger partial charge in [0.25, 0.3) is 5.91 Å². The van der Waals surface area contributed by atoms with Crippen LogP contribution >= 0.6 is 0 Å². The van der Waals surface area contributed by atoms with Gasteiger partial charge in [-0.3, -0.25) is 4.79 Å². The minimum absolute atomic E-state index is 0.0154. The molecule has 4 heteroatoms. The Labute approximate surface area is 107 Å². The first kappa shape index (κ1) is 12.9. The third-order valence-corrected chi connectivity index (χ3v) is 3.69. The zero-order chi connectivity index (χ0) is 13.0. The Morgan fingerprint density at radius 2 is 2.50 bits per heavy atom. The minimum Gasteiger partial charge on any atom is -0.396 e. The average Bonchev–Trinajstić information content (AvgIpc) is 2.92. The summed E-state index contributed by atoms with van der Waals surface area (Å²) in [5, 5.41) is 9.61. The number of aromatic nitrogens is 1. The Morgan fingerprint density at radius 3 is 3.11 bits per heavy atom. The summed E-state index contributed by atoms with van der Waals surface area (Å²) in [6, 6.07) is 3.60. The van der Waals surface area contributed by atoms with Crippen LogP contribution in [-0.4, -0.2) is 40.6 Å². The molecule has 1 saturated heterocycles. The van der Waals surface area contributed by atoms with Crippen LogP contribution in [0.3, 0.4) is 0 Å². The zero-order valence-electron chi connectivity index (χ0n) is 10.6. The molecule has 2 rings (SSSR count). The lowest BCUT2D eigenvalue weighted by molar-refractivity contribution is 0.0282. The van der Waals surface area contributed by atoms with Crippen molar-refractivity contribution in [2.45, 2.75) is 19.3 Å². The molecule has 1 fully saturated rings. The van der Waals surface area contributed by atoms with Crippen molar-refractivity contribution in [2.75, 3.05) is 19.7 Å². The first-order valence-electron chi connectivity index (χ1n) is 6.35. The summed E-state index contributed by atoms with van der Waals surface area (Å²) >= 11 is 0. The van der Waals surface area contributed by atoms with Crippen molar-refractivity contribution in [3.05, 3.63) is 36.7 Å². The van der Waals surface area contributed by atoms with Crippen molar-refractivity contribution in [1.29, 1.82) is 0 Å². The van der Waals surface area contributed by atoms with E-state index >= 15 is 0 Å². The van der Waals surface area contributed by atoms with Gasteiger partial charge >= 0.3 is 0 Å². The number of aliphatic hydroxyl groups is 1. The van der Waals surface area contributed by atoms with Crippen molar-refractivity contribution in [1.82, 2.24) is 9.88 Å². The van der Waals surface area contributed by atoms with Crippen LogP contribution in [0.5, 0.6) is 0 Å². The zero-order valence-corrected chi connectivity index (χ0v) is 10.6. The van der Waals surface area contributed by atoms with E-state index in [1.54, 1.807) is 12.3 Å². The standard InChI is InChI=1S/C14H20N2O2/c1-2-6-14(11-17)7-4-9-16(10-14)13(18)12-5-3-8-15-12/h2-3,5,8,15,17H,1,4,6-7,9-11H2/t14-/m1/s1. The van der Waals surface area contributed by atoms with Crippen LogP contribution in [0.25, 0.3) is 0 Å². The number of nitrogens with zero attached hydrogens (tertiary/aromatic N) is 1. The molecule has 0 bridgehead atoms. The first-order chi connectivity index (χ1) is 8.71. The lowest BCUT2D eigenvalue weighted by Crippen LogP contribution is -2.47. The summed E-state index contributed by atoms with van der Waals surface area (Å²) in [5.74, 6) is 0.0154. The molecular formula is C14H20N2O2. The largest absolute Gasteiger partial charge is 0.396 e. The monoisotopic (exact) mass is 248 g/mol. The number of carbonyl (C=O) groups excluding carboxylic acids is 1. The van der Waals surface area contributed by atoms with E-state index in [0.29, 0.717) is 12.2 Å². The number of hydrogen-bond donors (Lipinski definition) is 2. The molecule has 1 aromatic heterocycles. The van der Waals surface area contributed by atoms with E-state index in [2.05, 4.69) is 11.6 Å². The van der Waals surface area contributed by atoms with Gasteiger partial charge in [0.15, 0.2) is 0 Å². The number of aromatic amines is 1. The average molecular weight is 248 g/mol. The highest BCUT2D eigenvalue weighted by molar-refractivity contribution is 5.92. The summed E-state index contributed by atoms with van der Waals surface area (Å²) in [7, 11) is 0. The number of nitrogens with one attached hydrogen (secondary N) is 1. The molecule has 4 nitrogen and oxygen atoms in total. The maximum absolute atomic E-state index is 12.3. The maximum Gasteiger partial charge on any atom is 0.270 e. The number of H-pyrrole nitrogens is 1. The third kappa shape index (κ3) is 2.48. The fourth-order valence-corrected chi connectivity index (χ4v) is 2.68.